The minimum Gasteiger partial charge on any atom is -0.497 e. The molecule has 0 spiro atoms. The highest BCUT2D eigenvalue weighted by atomic mass is 16.5. The molecule has 5 nitrogen and oxygen atoms in total. The maximum Gasteiger partial charge on any atom is 0.119 e. The summed E-state index contributed by atoms with van der Waals surface area (Å²) in [7, 11) is 3.57. The average molecular weight is 261 g/mol. The summed E-state index contributed by atoms with van der Waals surface area (Å²) in [5, 5.41) is 7.36. The highest BCUT2D eigenvalue weighted by Crippen LogP contribution is 2.16. The van der Waals surface area contributed by atoms with E-state index >= 15 is 0 Å². The average Bonchev–Trinajstić information content (AvgIpc) is 2.88. The second kappa shape index (κ2) is 6.80. The van der Waals surface area contributed by atoms with Gasteiger partial charge in [-0.1, -0.05) is 0 Å². The van der Waals surface area contributed by atoms with E-state index < -0.39 is 0 Å². The van der Waals surface area contributed by atoms with E-state index in [4.69, 9.17) is 9.47 Å². The van der Waals surface area contributed by atoms with Crippen LogP contribution in [0, 0.1) is 0 Å². The molecule has 0 atom stereocenters. The number of hydrogen-bond acceptors (Lipinski definition) is 4. The first-order valence-electron chi connectivity index (χ1n) is 6.24. The van der Waals surface area contributed by atoms with Gasteiger partial charge in [0.05, 0.1) is 19.9 Å². The second-order valence-electron chi connectivity index (χ2n) is 4.17. The number of hydrogen-bond donors (Lipinski definition) is 1. The lowest BCUT2D eigenvalue weighted by atomic mass is 10.3. The zero-order chi connectivity index (χ0) is 13.5. The molecule has 19 heavy (non-hydrogen) atoms. The first-order chi connectivity index (χ1) is 9.31. The molecule has 1 aromatic carbocycles. The van der Waals surface area contributed by atoms with Gasteiger partial charge in [-0.2, -0.15) is 5.10 Å². The molecular formula is C14H19N3O2. The van der Waals surface area contributed by atoms with E-state index in [0.717, 1.165) is 24.6 Å². The van der Waals surface area contributed by atoms with E-state index in [0.29, 0.717) is 6.61 Å². The fourth-order valence-electron chi connectivity index (χ4n) is 1.75. The Morgan fingerprint density at radius 2 is 1.95 bits per heavy atom. The molecule has 1 aromatic heterocycles. The van der Waals surface area contributed by atoms with E-state index in [1.165, 1.54) is 5.56 Å². The van der Waals surface area contributed by atoms with Crippen LogP contribution in [0.25, 0.3) is 0 Å². The standard InChI is InChI=1S/C14H19N3O2/c1-15-9-12-10-16-17(11-12)7-8-19-14-5-3-13(18-2)4-6-14/h3-6,10-11,15H,7-9H2,1-2H3. The largest absolute Gasteiger partial charge is 0.497 e. The summed E-state index contributed by atoms with van der Waals surface area (Å²) in [6.07, 6.45) is 3.89. The van der Waals surface area contributed by atoms with Crippen LogP contribution in [0.2, 0.25) is 0 Å². The lowest BCUT2D eigenvalue weighted by molar-refractivity contribution is 0.290. The fourth-order valence-corrected chi connectivity index (χ4v) is 1.75. The van der Waals surface area contributed by atoms with Crippen molar-refractivity contribution in [3.63, 3.8) is 0 Å². The number of aromatic nitrogens is 2. The van der Waals surface area contributed by atoms with Crippen LogP contribution >= 0.6 is 0 Å². The first-order valence-corrected chi connectivity index (χ1v) is 6.24. The Labute approximate surface area is 113 Å². The molecule has 0 aliphatic rings. The van der Waals surface area contributed by atoms with Gasteiger partial charge in [0, 0.05) is 18.3 Å². The predicted molar refractivity (Wildman–Crippen MR) is 73.5 cm³/mol. The molecule has 1 N–H and O–H groups in total. The highest BCUT2D eigenvalue weighted by Gasteiger charge is 1.99. The number of ether oxygens (including phenoxy) is 2. The summed E-state index contributed by atoms with van der Waals surface area (Å²) in [5.74, 6) is 1.67. The van der Waals surface area contributed by atoms with Gasteiger partial charge >= 0.3 is 0 Å². The van der Waals surface area contributed by atoms with E-state index in [-0.39, 0.29) is 0 Å². The Morgan fingerprint density at radius 1 is 1.21 bits per heavy atom. The van der Waals surface area contributed by atoms with Crippen LogP contribution in [0.3, 0.4) is 0 Å². The zero-order valence-corrected chi connectivity index (χ0v) is 11.3. The van der Waals surface area contributed by atoms with Crippen molar-refractivity contribution in [1.29, 1.82) is 0 Å². The number of methoxy groups -OCH3 is 1. The zero-order valence-electron chi connectivity index (χ0n) is 11.3. The van der Waals surface area contributed by atoms with Gasteiger partial charge in [-0.15, -0.1) is 0 Å². The van der Waals surface area contributed by atoms with Gasteiger partial charge in [0.25, 0.3) is 0 Å². The molecule has 0 fully saturated rings. The summed E-state index contributed by atoms with van der Waals surface area (Å²) in [6, 6.07) is 7.56. The Bertz CT molecular complexity index is 494. The molecule has 0 amide bonds. The molecular weight excluding hydrogens is 242 g/mol. The summed E-state index contributed by atoms with van der Waals surface area (Å²) in [4.78, 5) is 0. The normalized spacial score (nSPS) is 10.4. The van der Waals surface area contributed by atoms with Crippen LogP contribution in [0.1, 0.15) is 5.56 Å². The van der Waals surface area contributed by atoms with Gasteiger partial charge in [0.15, 0.2) is 0 Å². The van der Waals surface area contributed by atoms with Gasteiger partial charge in [-0.05, 0) is 31.3 Å². The Morgan fingerprint density at radius 3 is 2.63 bits per heavy atom. The molecule has 5 heteroatoms. The molecule has 0 unspecified atom stereocenters. The smallest absolute Gasteiger partial charge is 0.119 e. The Balaban J connectivity index is 1.78. The SMILES string of the molecule is CNCc1cnn(CCOc2ccc(OC)cc2)c1. The van der Waals surface area contributed by atoms with Gasteiger partial charge in [-0.3, -0.25) is 4.68 Å². The third-order valence-corrected chi connectivity index (χ3v) is 2.72. The topological polar surface area (TPSA) is 48.3 Å². The summed E-state index contributed by atoms with van der Waals surface area (Å²) >= 11 is 0. The van der Waals surface area contributed by atoms with Gasteiger partial charge in [0.2, 0.25) is 0 Å². The Kier molecular flexibility index (Phi) is 4.80. The van der Waals surface area contributed by atoms with E-state index in [9.17, 15) is 0 Å². The molecule has 0 aliphatic carbocycles. The summed E-state index contributed by atoms with van der Waals surface area (Å²) in [5.41, 5.74) is 1.17. The van der Waals surface area contributed by atoms with Crippen molar-refractivity contribution in [1.82, 2.24) is 15.1 Å². The van der Waals surface area contributed by atoms with Gasteiger partial charge in [0.1, 0.15) is 18.1 Å². The van der Waals surface area contributed by atoms with Gasteiger partial charge < -0.3 is 14.8 Å². The Hall–Kier alpha value is -2.01. The van der Waals surface area contributed by atoms with E-state index in [1.54, 1.807) is 7.11 Å². The van der Waals surface area contributed by atoms with Crippen LogP contribution in [0.15, 0.2) is 36.7 Å². The van der Waals surface area contributed by atoms with Gasteiger partial charge in [-0.25, -0.2) is 0 Å². The summed E-state index contributed by atoms with van der Waals surface area (Å²) < 4.78 is 12.6. The molecule has 0 aliphatic heterocycles. The van der Waals surface area contributed by atoms with Crippen molar-refractivity contribution in [2.24, 2.45) is 0 Å². The molecule has 0 radical (unpaired) electrons. The molecule has 0 saturated carbocycles. The lowest BCUT2D eigenvalue weighted by Gasteiger charge is -2.07. The number of nitrogens with zero attached hydrogens (tertiary/aromatic N) is 2. The summed E-state index contributed by atoms with van der Waals surface area (Å²) in [6.45, 7) is 2.15. The van der Waals surface area contributed by atoms with Crippen LogP contribution in [0.4, 0.5) is 0 Å². The molecule has 0 bridgehead atoms. The number of rotatable bonds is 7. The van der Waals surface area contributed by atoms with Crippen LogP contribution in [-0.4, -0.2) is 30.5 Å². The third-order valence-electron chi connectivity index (χ3n) is 2.72. The van der Waals surface area contributed by atoms with Crippen molar-refractivity contribution in [2.45, 2.75) is 13.1 Å². The molecule has 102 valence electrons. The first kappa shape index (κ1) is 13.4. The maximum absolute atomic E-state index is 5.65. The predicted octanol–water partition coefficient (Wildman–Crippen LogP) is 1.69. The minimum atomic E-state index is 0.590. The lowest BCUT2D eigenvalue weighted by Crippen LogP contribution is -2.08. The van der Waals surface area contributed by atoms with Crippen molar-refractivity contribution in [3.8, 4) is 11.5 Å². The molecule has 2 aromatic rings. The number of benzene rings is 1. The monoisotopic (exact) mass is 261 g/mol. The molecule has 2 rings (SSSR count). The van der Waals surface area contributed by atoms with Crippen molar-refractivity contribution >= 4 is 0 Å². The van der Waals surface area contributed by atoms with Crippen molar-refractivity contribution < 1.29 is 9.47 Å². The number of nitrogens with one attached hydrogen (secondary N) is 1. The van der Waals surface area contributed by atoms with Crippen LogP contribution in [-0.2, 0) is 13.1 Å². The van der Waals surface area contributed by atoms with E-state index in [2.05, 4.69) is 10.4 Å². The minimum absolute atomic E-state index is 0.590. The van der Waals surface area contributed by atoms with E-state index in [1.807, 2.05) is 48.4 Å². The second-order valence-corrected chi connectivity index (χ2v) is 4.17. The maximum atomic E-state index is 5.65. The third kappa shape index (κ3) is 3.99. The van der Waals surface area contributed by atoms with Crippen molar-refractivity contribution in [2.75, 3.05) is 20.8 Å². The fraction of sp³-hybridized carbons (Fsp3) is 0.357. The highest BCUT2D eigenvalue weighted by molar-refractivity contribution is 5.31. The van der Waals surface area contributed by atoms with Crippen LogP contribution in [0.5, 0.6) is 11.5 Å². The van der Waals surface area contributed by atoms with Crippen LogP contribution < -0.4 is 14.8 Å². The quantitative estimate of drug-likeness (QED) is 0.824. The molecule has 0 saturated heterocycles. The van der Waals surface area contributed by atoms with Crippen molar-refractivity contribution in [3.05, 3.63) is 42.2 Å². The molecule has 1 heterocycles.